The molecule has 3 rings (SSSR count). The first-order chi connectivity index (χ1) is 14.3. The van der Waals surface area contributed by atoms with Crippen molar-refractivity contribution in [2.75, 3.05) is 6.61 Å². The molecule has 30 heavy (non-hydrogen) atoms. The predicted octanol–water partition coefficient (Wildman–Crippen LogP) is 0.584. The van der Waals surface area contributed by atoms with Crippen LogP contribution in [-0.2, 0) is 9.53 Å². The van der Waals surface area contributed by atoms with Crippen molar-refractivity contribution in [3.8, 4) is 16.9 Å². The summed E-state index contributed by atoms with van der Waals surface area (Å²) in [6.45, 7) is 0.669. The maximum absolute atomic E-state index is 11.6. The molecule has 0 bridgehead atoms. The third-order valence-corrected chi connectivity index (χ3v) is 4.75. The lowest BCUT2D eigenvalue weighted by Gasteiger charge is -2.42. The Bertz CT molecular complexity index is 921. The molecule has 0 radical (unpaired) electrons. The number of carbonyl (C=O) groups is 1. The molecule has 0 unspecified atom stereocenters. The second kappa shape index (κ2) is 9.18. The van der Waals surface area contributed by atoms with Crippen molar-refractivity contribution in [3.63, 3.8) is 0 Å². The lowest BCUT2D eigenvalue weighted by molar-refractivity contribution is -0.384. The lowest BCUT2D eigenvalue weighted by Crippen LogP contribution is -2.65. The van der Waals surface area contributed by atoms with Crippen molar-refractivity contribution in [2.24, 2.45) is 0 Å². The Morgan fingerprint density at radius 1 is 1.20 bits per heavy atom. The average molecular weight is 418 g/mol. The number of aliphatic hydroxyl groups excluding tert-OH is 3. The highest BCUT2D eigenvalue weighted by atomic mass is 16.7. The van der Waals surface area contributed by atoms with Gasteiger partial charge in [0.2, 0.25) is 12.2 Å². The number of aliphatic hydroxyl groups is 3. The van der Waals surface area contributed by atoms with Crippen molar-refractivity contribution in [1.82, 2.24) is 5.32 Å². The number of ether oxygens (including phenoxy) is 2. The Kier molecular flexibility index (Phi) is 6.63. The van der Waals surface area contributed by atoms with Crippen LogP contribution in [-0.4, -0.2) is 63.4 Å². The van der Waals surface area contributed by atoms with E-state index in [2.05, 4.69) is 5.32 Å². The minimum absolute atomic E-state index is 0.0915. The number of non-ortho nitro benzene ring substituents is 1. The largest absolute Gasteiger partial charge is 0.462 e. The van der Waals surface area contributed by atoms with Gasteiger partial charge in [0.1, 0.15) is 30.1 Å². The lowest BCUT2D eigenvalue weighted by atomic mass is 9.96. The molecule has 2 aromatic rings. The molecule has 1 saturated heterocycles. The van der Waals surface area contributed by atoms with Gasteiger partial charge in [-0.1, -0.05) is 30.3 Å². The number of para-hydroxylation sites is 1. The Balaban J connectivity index is 1.95. The molecule has 1 heterocycles. The summed E-state index contributed by atoms with van der Waals surface area (Å²) in [7, 11) is 0. The summed E-state index contributed by atoms with van der Waals surface area (Å²) in [5.74, 6) is -0.198. The van der Waals surface area contributed by atoms with E-state index in [1.54, 1.807) is 36.4 Å². The smallest absolute Gasteiger partial charge is 0.270 e. The molecule has 1 aliphatic heterocycles. The standard InChI is InChI=1S/C20H22N2O8/c1-11(24)21-17-19(26)18(25)16(10-23)30-20(17)29-15-8-3-2-7-14(15)12-5-4-6-13(9-12)22(27)28/h2-9,16-20,23,25-26H,10H2,1H3,(H,21,24)/t16-,17-,18+,19-,20-/m1/s1. The van der Waals surface area contributed by atoms with Crippen molar-refractivity contribution in [1.29, 1.82) is 0 Å². The first kappa shape index (κ1) is 21.7. The maximum Gasteiger partial charge on any atom is 0.270 e. The van der Waals surface area contributed by atoms with Gasteiger partial charge in [-0.2, -0.15) is 0 Å². The van der Waals surface area contributed by atoms with Crippen LogP contribution in [0.25, 0.3) is 11.1 Å². The van der Waals surface area contributed by atoms with Gasteiger partial charge in [-0.15, -0.1) is 0 Å². The molecular formula is C20H22N2O8. The third kappa shape index (κ3) is 4.57. The van der Waals surface area contributed by atoms with Gasteiger partial charge >= 0.3 is 0 Å². The summed E-state index contributed by atoms with van der Waals surface area (Å²) in [5.41, 5.74) is 0.949. The van der Waals surface area contributed by atoms with Gasteiger partial charge in [-0.05, 0) is 11.6 Å². The van der Waals surface area contributed by atoms with Crippen molar-refractivity contribution in [3.05, 3.63) is 58.6 Å². The Labute approximate surface area is 171 Å². The topological polar surface area (TPSA) is 151 Å². The molecule has 1 fully saturated rings. The molecule has 0 saturated carbocycles. The molecule has 5 atom stereocenters. The van der Waals surface area contributed by atoms with Crippen LogP contribution in [0.3, 0.4) is 0 Å². The number of hydrogen-bond acceptors (Lipinski definition) is 8. The number of nitro benzene ring substituents is 1. The molecular weight excluding hydrogens is 396 g/mol. The molecule has 0 aliphatic carbocycles. The van der Waals surface area contributed by atoms with E-state index in [1.165, 1.54) is 19.1 Å². The van der Waals surface area contributed by atoms with Gasteiger partial charge in [0.15, 0.2) is 0 Å². The summed E-state index contributed by atoms with van der Waals surface area (Å²) in [6, 6.07) is 11.6. The number of nitrogens with zero attached hydrogens (tertiary/aromatic N) is 1. The predicted molar refractivity (Wildman–Crippen MR) is 105 cm³/mol. The molecule has 0 spiro atoms. The Morgan fingerprint density at radius 3 is 2.60 bits per heavy atom. The van der Waals surface area contributed by atoms with E-state index in [1.807, 2.05) is 0 Å². The van der Waals surface area contributed by atoms with Crippen LogP contribution < -0.4 is 10.1 Å². The second-order valence-corrected chi connectivity index (χ2v) is 6.85. The first-order valence-electron chi connectivity index (χ1n) is 9.22. The van der Waals surface area contributed by atoms with Crippen LogP contribution in [0.1, 0.15) is 6.92 Å². The number of rotatable bonds is 6. The van der Waals surface area contributed by atoms with Crippen LogP contribution in [0, 0.1) is 10.1 Å². The summed E-state index contributed by atoms with van der Waals surface area (Å²) >= 11 is 0. The molecule has 4 N–H and O–H groups in total. The summed E-state index contributed by atoms with van der Waals surface area (Å²) in [6.07, 6.45) is -5.24. The fourth-order valence-electron chi connectivity index (χ4n) is 3.29. The van der Waals surface area contributed by atoms with Gasteiger partial charge in [0, 0.05) is 24.6 Å². The molecule has 0 aromatic heterocycles. The van der Waals surface area contributed by atoms with Crippen molar-refractivity contribution >= 4 is 11.6 Å². The molecule has 1 aliphatic rings. The van der Waals surface area contributed by atoms with Crippen LogP contribution in [0.4, 0.5) is 5.69 Å². The normalized spacial score (nSPS) is 26.1. The molecule has 10 heteroatoms. The first-order valence-corrected chi connectivity index (χ1v) is 9.22. The van der Waals surface area contributed by atoms with E-state index >= 15 is 0 Å². The molecule has 2 aromatic carbocycles. The van der Waals surface area contributed by atoms with Crippen LogP contribution in [0.5, 0.6) is 5.75 Å². The minimum Gasteiger partial charge on any atom is -0.462 e. The zero-order valence-corrected chi connectivity index (χ0v) is 16.0. The molecule has 1 amide bonds. The molecule has 160 valence electrons. The number of nitrogens with one attached hydrogen (secondary N) is 1. The average Bonchev–Trinajstić information content (AvgIpc) is 2.73. The fourth-order valence-corrected chi connectivity index (χ4v) is 3.29. The van der Waals surface area contributed by atoms with Crippen LogP contribution in [0.2, 0.25) is 0 Å². The summed E-state index contributed by atoms with van der Waals surface area (Å²) in [4.78, 5) is 22.2. The van der Waals surface area contributed by atoms with E-state index in [-0.39, 0.29) is 11.4 Å². The summed E-state index contributed by atoms with van der Waals surface area (Å²) in [5, 5.41) is 43.6. The maximum atomic E-state index is 11.6. The third-order valence-electron chi connectivity index (χ3n) is 4.75. The SMILES string of the molecule is CC(=O)N[C@H]1[C@H](Oc2ccccc2-c2cccc([N+](=O)[O-])c2)O[C@H](CO)[C@H](O)[C@@H]1O. The zero-order chi connectivity index (χ0) is 21.8. The van der Waals surface area contributed by atoms with E-state index in [9.17, 15) is 30.2 Å². The van der Waals surface area contributed by atoms with E-state index in [0.717, 1.165) is 0 Å². The number of nitro groups is 1. The Morgan fingerprint density at radius 2 is 1.93 bits per heavy atom. The monoisotopic (exact) mass is 418 g/mol. The van der Waals surface area contributed by atoms with Gasteiger partial charge in [0.05, 0.1) is 11.5 Å². The van der Waals surface area contributed by atoms with Gasteiger partial charge in [-0.25, -0.2) is 0 Å². The van der Waals surface area contributed by atoms with E-state index in [0.29, 0.717) is 11.1 Å². The number of hydrogen-bond donors (Lipinski definition) is 4. The zero-order valence-electron chi connectivity index (χ0n) is 16.0. The highest BCUT2D eigenvalue weighted by Crippen LogP contribution is 2.34. The number of amides is 1. The Hall–Kier alpha value is -3.05. The van der Waals surface area contributed by atoms with Crippen molar-refractivity contribution < 1.29 is 34.5 Å². The van der Waals surface area contributed by atoms with Gasteiger partial charge in [0.25, 0.3) is 5.69 Å². The van der Waals surface area contributed by atoms with Crippen LogP contribution in [0.15, 0.2) is 48.5 Å². The fraction of sp³-hybridized carbons (Fsp3) is 0.350. The molecule has 10 nitrogen and oxygen atoms in total. The van der Waals surface area contributed by atoms with E-state index < -0.39 is 48.1 Å². The number of benzene rings is 2. The highest BCUT2D eigenvalue weighted by molar-refractivity contribution is 5.74. The summed E-state index contributed by atoms with van der Waals surface area (Å²) < 4.78 is 11.5. The minimum atomic E-state index is -1.45. The van der Waals surface area contributed by atoms with Crippen molar-refractivity contribution in [2.45, 2.75) is 37.6 Å². The quantitative estimate of drug-likeness (QED) is 0.393. The van der Waals surface area contributed by atoms with Crippen LogP contribution >= 0.6 is 0 Å². The van der Waals surface area contributed by atoms with Gasteiger partial charge in [-0.3, -0.25) is 14.9 Å². The highest BCUT2D eigenvalue weighted by Gasteiger charge is 2.46. The van der Waals surface area contributed by atoms with E-state index in [4.69, 9.17) is 9.47 Å². The number of carbonyl (C=O) groups excluding carboxylic acids is 1. The van der Waals surface area contributed by atoms with Gasteiger partial charge < -0.3 is 30.1 Å². The second-order valence-electron chi connectivity index (χ2n) is 6.85.